The zero-order valence-corrected chi connectivity index (χ0v) is 16.0. The smallest absolute Gasteiger partial charge is 0.534 e. The zero-order chi connectivity index (χ0) is 19.2. The number of hydrogen-bond donors (Lipinski definition) is 0. The monoisotopic (exact) mass is 396 g/mol. The highest BCUT2D eigenvalue weighted by Gasteiger charge is 2.49. The zero-order valence-electron chi connectivity index (χ0n) is 14.2. The van der Waals surface area contributed by atoms with Gasteiger partial charge in [0, 0.05) is 11.5 Å². The van der Waals surface area contributed by atoms with E-state index >= 15 is 0 Å². The average molecular weight is 396 g/mol. The fourth-order valence-electron chi connectivity index (χ4n) is 2.61. The van der Waals surface area contributed by atoms with Gasteiger partial charge in [0.25, 0.3) is 0 Å². The van der Waals surface area contributed by atoms with Crippen LogP contribution in [-0.2, 0) is 16.5 Å². The molecule has 25 heavy (non-hydrogen) atoms. The maximum Gasteiger partial charge on any atom is 0.534 e. The number of carbonyl (C=O) groups excluding carboxylic acids is 1. The van der Waals surface area contributed by atoms with Gasteiger partial charge in [-0.3, -0.25) is 4.79 Å². The number of hydrogen-bond acceptors (Lipinski definition) is 5. The van der Waals surface area contributed by atoms with Gasteiger partial charge in [-0.05, 0) is 44.6 Å². The molecular weight excluding hydrogens is 377 g/mol. The van der Waals surface area contributed by atoms with Crippen LogP contribution in [0.1, 0.15) is 29.3 Å². The minimum Gasteiger partial charge on any atom is -0.544 e. The second-order valence-electron chi connectivity index (χ2n) is 6.79. The maximum atomic E-state index is 12.6. The SMILES string of the molecule is CCC1Cc2c(O[Si](C)(C)C)ccc(OS(=O)(=O)C(F)(F)F)c2C1=O. The molecule has 10 heteroatoms. The summed E-state index contributed by atoms with van der Waals surface area (Å²) in [7, 11) is -7.89. The van der Waals surface area contributed by atoms with Crippen molar-refractivity contribution < 1.29 is 35.0 Å². The Bertz CT molecular complexity index is 797. The lowest BCUT2D eigenvalue weighted by Gasteiger charge is -2.22. The van der Waals surface area contributed by atoms with Crippen LogP contribution in [0.5, 0.6) is 11.5 Å². The maximum absolute atomic E-state index is 12.6. The molecule has 0 aromatic heterocycles. The lowest BCUT2D eigenvalue weighted by molar-refractivity contribution is -0.0500. The van der Waals surface area contributed by atoms with E-state index in [1.165, 1.54) is 6.07 Å². The Morgan fingerprint density at radius 3 is 2.24 bits per heavy atom. The second-order valence-corrected chi connectivity index (χ2v) is 12.8. The van der Waals surface area contributed by atoms with E-state index in [0.717, 1.165) is 6.07 Å². The van der Waals surface area contributed by atoms with Crippen LogP contribution in [-0.4, -0.2) is 28.0 Å². The second kappa shape index (κ2) is 6.31. The minimum atomic E-state index is -5.85. The molecule has 5 nitrogen and oxygen atoms in total. The Morgan fingerprint density at radius 2 is 1.76 bits per heavy atom. The van der Waals surface area contributed by atoms with E-state index in [1.807, 2.05) is 19.6 Å². The van der Waals surface area contributed by atoms with E-state index in [2.05, 4.69) is 4.18 Å². The van der Waals surface area contributed by atoms with Crippen LogP contribution in [0.2, 0.25) is 19.6 Å². The molecule has 140 valence electrons. The van der Waals surface area contributed by atoms with Crippen LogP contribution in [0.4, 0.5) is 13.2 Å². The Hall–Kier alpha value is -1.55. The van der Waals surface area contributed by atoms with Crippen molar-refractivity contribution in [2.75, 3.05) is 0 Å². The molecular formula is C15H19F3O5SSi. The van der Waals surface area contributed by atoms with Crippen molar-refractivity contribution in [2.24, 2.45) is 5.92 Å². The lowest BCUT2D eigenvalue weighted by Crippen LogP contribution is -2.30. The molecule has 2 rings (SSSR count). The predicted octanol–water partition coefficient (Wildman–Crippen LogP) is 3.89. The summed E-state index contributed by atoms with van der Waals surface area (Å²) in [5.41, 5.74) is -5.29. The summed E-state index contributed by atoms with van der Waals surface area (Å²) < 4.78 is 70.5. The van der Waals surface area contributed by atoms with Crippen molar-refractivity contribution in [3.8, 4) is 11.5 Å². The van der Waals surface area contributed by atoms with Gasteiger partial charge in [0.05, 0.1) is 5.56 Å². The molecule has 0 spiro atoms. The number of ketones is 1. The first-order valence-electron chi connectivity index (χ1n) is 7.66. The summed E-state index contributed by atoms with van der Waals surface area (Å²) in [6, 6.07) is 2.41. The largest absolute Gasteiger partial charge is 0.544 e. The Balaban J connectivity index is 2.55. The molecule has 0 saturated heterocycles. The highest BCUT2D eigenvalue weighted by atomic mass is 32.2. The fourth-order valence-corrected chi connectivity index (χ4v) is 3.93. The Morgan fingerprint density at radius 1 is 1.20 bits per heavy atom. The van der Waals surface area contributed by atoms with Crippen LogP contribution in [0, 0.1) is 5.92 Å². The first-order chi connectivity index (χ1) is 11.3. The molecule has 1 aliphatic carbocycles. The molecule has 0 fully saturated rings. The van der Waals surface area contributed by atoms with Crippen molar-refractivity contribution in [3.63, 3.8) is 0 Å². The van der Waals surface area contributed by atoms with Crippen molar-refractivity contribution in [1.29, 1.82) is 0 Å². The number of carbonyl (C=O) groups is 1. The predicted molar refractivity (Wildman–Crippen MR) is 87.8 cm³/mol. The summed E-state index contributed by atoms with van der Waals surface area (Å²) in [5.74, 6) is -1.06. The average Bonchev–Trinajstić information content (AvgIpc) is 2.76. The van der Waals surface area contributed by atoms with E-state index < -0.39 is 41.4 Å². The van der Waals surface area contributed by atoms with Gasteiger partial charge in [-0.15, -0.1) is 0 Å². The topological polar surface area (TPSA) is 69.7 Å². The molecule has 1 aromatic rings. The van der Waals surface area contributed by atoms with Gasteiger partial charge < -0.3 is 8.61 Å². The van der Waals surface area contributed by atoms with E-state index in [1.54, 1.807) is 6.92 Å². The molecule has 0 aliphatic heterocycles. The summed E-state index contributed by atoms with van der Waals surface area (Å²) in [6.07, 6.45) is 0.763. The first-order valence-corrected chi connectivity index (χ1v) is 12.5. The van der Waals surface area contributed by atoms with Crippen molar-refractivity contribution in [3.05, 3.63) is 23.3 Å². The van der Waals surface area contributed by atoms with Gasteiger partial charge in [-0.2, -0.15) is 21.6 Å². The molecule has 1 aromatic carbocycles. The van der Waals surface area contributed by atoms with Crippen molar-refractivity contribution in [2.45, 2.75) is 44.9 Å². The third-order valence-electron chi connectivity index (χ3n) is 3.69. The number of fused-ring (bicyclic) bond motifs is 1. The number of rotatable bonds is 5. The van der Waals surface area contributed by atoms with E-state index in [0.29, 0.717) is 17.7 Å². The van der Waals surface area contributed by atoms with E-state index in [4.69, 9.17) is 4.43 Å². The van der Waals surface area contributed by atoms with E-state index in [9.17, 15) is 26.4 Å². The van der Waals surface area contributed by atoms with Crippen molar-refractivity contribution >= 4 is 24.2 Å². The summed E-state index contributed by atoms with van der Waals surface area (Å²) in [4.78, 5) is 12.5. The van der Waals surface area contributed by atoms with Gasteiger partial charge in [-0.25, -0.2) is 0 Å². The van der Waals surface area contributed by atoms with Crippen LogP contribution in [0.3, 0.4) is 0 Å². The quantitative estimate of drug-likeness (QED) is 0.429. The molecule has 1 atom stereocenters. The summed E-state index contributed by atoms with van der Waals surface area (Å²) in [5, 5.41) is 0. The normalized spacial score (nSPS) is 18.2. The summed E-state index contributed by atoms with van der Waals surface area (Å²) in [6.45, 7) is 7.55. The first kappa shape index (κ1) is 19.8. The molecule has 1 unspecified atom stereocenters. The van der Waals surface area contributed by atoms with Crippen LogP contribution >= 0.6 is 0 Å². The Labute approximate surface area is 145 Å². The van der Waals surface area contributed by atoms with Gasteiger partial charge >= 0.3 is 15.6 Å². The van der Waals surface area contributed by atoms with E-state index in [-0.39, 0.29) is 12.0 Å². The highest BCUT2D eigenvalue weighted by Crippen LogP contribution is 2.42. The standard InChI is InChI=1S/C15H19F3O5SSi/c1-5-9-8-10-11(23-25(2,3)4)6-7-12(13(10)14(9)19)22-24(20,21)15(16,17)18/h6-7,9H,5,8H2,1-4H3. The molecule has 0 heterocycles. The van der Waals surface area contributed by atoms with Gasteiger partial charge in [-0.1, -0.05) is 6.92 Å². The minimum absolute atomic E-state index is 0.129. The van der Waals surface area contributed by atoms with Gasteiger partial charge in [0.2, 0.25) is 8.32 Å². The van der Waals surface area contributed by atoms with Crippen LogP contribution < -0.4 is 8.61 Å². The van der Waals surface area contributed by atoms with Gasteiger partial charge in [0.15, 0.2) is 11.5 Å². The molecule has 0 N–H and O–H groups in total. The fraction of sp³-hybridized carbons (Fsp3) is 0.533. The third-order valence-corrected chi connectivity index (χ3v) is 5.49. The van der Waals surface area contributed by atoms with Gasteiger partial charge in [0.1, 0.15) is 5.75 Å². The summed E-state index contributed by atoms with van der Waals surface area (Å²) >= 11 is 0. The number of halogens is 3. The molecule has 0 bridgehead atoms. The number of Topliss-reactive ketones (excluding diaryl/α,β-unsaturated/α-hetero) is 1. The molecule has 1 aliphatic rings. The number of alkyl halides is 3. The Kier molecular flexibility index (Phi) is 4.99. The molecule has 0 radical (unpaired) electrons. The highest BCUT2D eigenvalue weighted by molar-refractivity contribution is 7.88. The van der Waals surface area contributed by atoms with Crippen LogP contribution in [0.25, 0.3) is 0 Å². The molecule has 0 saturated carbocycles. The molecule has 0 amide bonds. The van der Waals surface area contributed by atoms with Crippen molar-refractivity contribution in [1.82, 2.24) is 0 Å². The third kappa shape index (κ3) is 4.00. The van der Waals surface area contributed by atoms with Crippen LogP contribution in [0.15, 0.2) is 12.1 Å². The lowest BCUT2D eigenvalue weighted by atomic mass is 10.0. The number of benzene rings is 1.